The van der Waals surface area contributed by atoms with Crippen molar-refractivity contribution >= 4 is 22.1 Å². The predicted octanol–water partition coefficient (Wildman–Crippen LogP) is 1.22. The Morgan fingerprint density at radius 3 is 2.52 bits per heavy atom. The number of fused-ring (bicyclic) bond motifs is 4. The van der Waals surface area contributed by atoms with Gasteiger partial charge in [0.1, 0.15) is 11.8 Å². The maximum absolute atomic E-state index is 12.6. The molecule has 3 rings (SSSR count). The maximum Gasteiger partial charge on any atom is 0.534 e. The molecule has 0 spiro atoms. The molecule has 2 bridgehead atoms. The molecule has 2 amide bonds. The van der Waals surface area contributed by atoms with Gasteiger partial charge in [-0.3, -0.25) is 5.21 Å². The summed E-state index contributed by atoms with van der Waals surface area (Å²) in [6.45, 7) is -0.355. The molecule has 0 aliphatic carbocycles. The topological polar surface area (TPSA) is 124 Å². The highest BCUT2D eigenvalue weighted by molar-refractivity contribution is 7.88. The van der Waals surface area contributed by atoms with Gasteiger partial charge in [0.15, 0.2) is 6.04 Å². The van der Waals surface area contributed by atoms with Crippen LogP contribution in [-0.4, -0.2) is 52.7 Å². The minimum atomic E-state index is -6.02. The molecule has 2 aliphatic rings. The lowest BCUT2D eigenvalue weighted by atomic mass is 9.90. The van der Waals surface area contributed by atoms with Crippen molar-refractivity contribution in [3.05, 3.63) is 29.3 Å². The van der Waals surface area contributed by atoms with Crippen molar-refractivity contribution in [3.8, 4) is 5.75 Å². The van der Waals surface area contributed by atoms with Crippen molar-refractivity contribution in [2.45, 2.75) is 17.6 Å². The molecule has 0 radical (unpaired) electrons. The number of aliphatic carboxylic acids is 1. The monoisotopic (exact) mass is 382 g/mol. The van der Waals surface area contributed by atoms with Crippen molar-refractivity contribution in [1.29, 1.82) is 0 Å². The molecule has 25 heavy (non-hydrogen) atoms. The van der Waals surface area contributed by atoms with Crippen LogP contribution in [0.2, 0.25) is 0 Å². The molecule has 1 fully saturated rings. The summed E-state index contributed by atoms with van der Waals surface area (Å²) in [5.74, 6) is -2.31. The molecule has 136 valence electrons. The first-order valence-corrected chi connectivity index (χ1v) is 8.01. The summed E-state index contributed by atoms with van der Waals surface area (Å²) in [6, 6.07) is -0.766. The number of nitrogens with zero attached hydrogens (tertiary/aromatic N) is 2. The molecule has 9 nitrogen and oxygen atoms in total. The third-order valence-electron chi connectivity index (χ3n) is 3.86. The number of benzene rings is 1. The number of carboxylic acids is 1. The van der Waals surface area contributed by atoms with Gasteiger partial charge in [0.2, 0.25) is 0 Å². The van der Waals surface area contributed by atoms with E-state index in [4.69, 9.17) is 0 Å². The molecule has 13 heteroatoms. The first kappa shape index (κ1) is 17.3. The lowest BCUT2D eigenvalue weighted by Crippen LogP contribution is -2.38. The number of amides is 2. The number of halogens is 3. The quantitative estimate of drug-likeness (QED) is 0.458. The fourth-order valence-corrected chi connectivity index (χ4v) is 3.34. The van der Waals surface area contributed by atoms with Gasteiger partial charge >= 0.3 is 27.6 Å². The standard InChI is InChI=1S/C12H9F3N2O7S/c13-12(14,15)25(22,23)24-7-3-1-2-5-8(7)6-4-16(9(5)10(18)19)11(20)17(6)21/h1-3,6,9,21H,4H2,(H,18,19)/t6-,9-/m1/s1. The molecule has 2 N–H and O–H groups in total. The van der Waals surface area contributed by atoms with Crippen molar-refractivity contribution in [1.82, 2.24) is 9.96 Å². The maximum atomic E-state index is 12.6. The highest BCUT2D eigenvalue weighted by atomic mass is 32.2. The summed E-state index contributed by atoms with van der Waals surface area (Å²) in [7, 11) is -6.02. The number of carboxylic acid groups (broad SMARTS) is 1. The zero-order valence-corrected chi connectivity index (χ0v) is 12.8. The molecule has 1 aromatic rings. The van der Waals surface area contributed by atoms with E-state index in [0.29, 0.717) is 0 Å². The molecule has 2 atom stereocenters. The Hall–Kier alpha value is -2.54. The van der Waals surface area contributed by atoms with Crippen molar-refractivity contribution in [3.63, 3.8) is 0 Å². The van der Waals surface area contributed by atoms with Gasteiger partial charge in [-0.2, -0.15) is 26.7 Å². The van der Waals surface area contributed by atoms with E-state index in [1.54, 1.807) is 0 Å². The second kappa shape index (κ2) is 5.23. The summed E-state index contributed by atoms with van der Waals surface area (Å²) < 4.78 is 64.3. The second-order valence-electron chi connectivity index (χ2n) is 5.28. The van der Waals surface area contributed by atoms with Gasteiger partial charge < -0.3 is 14.2 Å². The van der Waals surface area contributed by atoms with Crippen molar-refractivity contribution in [2.24, 2.45) is 0 Å². The van der Waals surface area contributed by atoms with Crippen LogP contribution in [0.3, 0.4) is 0 Å². The van der Waals surface area contributed by atoms with E-state index in [1.807, 2.05) is 0 Å². The minimum Gasteiger partial charge on any atom is -0.479 e. The van der Waals surface area contributed by atoms with Crippen LogP contribution in [-0.2, 0) is 14.9 Å². The van der Waals surface area contributed by atoms with Crippen LogP contribution in [0.25, 0.3) is 0 Å². The van der Waals surface area contributed by atoms with Gasteiger partial charge in [0, 0.05) is 5.56 Å². The van der Waals surface area contributed by atoms with Crippen LogP contribution in [0, 0.1) is 0 Å². The lowest BCUT2D eigenvalue weighted by molar-refractivity contribution is -0.142. The Morgan fingerprint density at radius 1 is 1.32 bits per heavy atom. The molecule has 0 unspecified atom stereocenters. The molecular weight excluding hydrogens is 373 g/mol. The Labute approximate surface area is 137 Å². The van der Waals surface area contributed by atoms with E-state index in [9.17, 15) is 41.5 Å². The van der Waals surface area contributed by atoms with E-state index < -0.39 is 45.5 Å². The van der Waals surface area contributed by atoms with Crippen molar-refractivity contribution < 1.29 is 45.7 Å². The third-order valence-corrected chi connectivity index (χ3v) is 4.83. The molecule has 0 saturated carbocycles. The summed E-state index contributed by atoms with van der Waals surface area (Å²) in [6.07, 6.45) is 0. The number of hydrogen-bond donors (Lipinski definition) is 2. The van der Waals surface area contributed by atoms with Gasteiger partial charge in [-0.1, -0.05) is 12.1 Å². The molecule has 1 aromatic carbocycles. The summed E-state index contributed by atoms with van der Waals surface area (Å²) >= 11 is 0. The summed E-state index contributed by atoms with van der Waals surface area (Å²) in [5, 5.41) is 19.3. The van der Waals surface area contributed by atoms with Gasteiger partial charge in [-0.15, -0.1) is 0 Å². The van der Waals surface area contributed by atoms with Crippen LogP contribution in [0.1, 0.15) is 23.2 Å². The fraction of sp³-hybridized carbons (Fsp3) is 0.333. The first-order valence-electron chi connectivity index (χ1n) is 6.61. The highest BCUT2D eigenvalue weighted by Crippen LogP contribution is 2.47. The predicted molar refractivity (Wildman–Crippen MR) is 70.9 cm³/mol. The van der Waals surface area contributed by atoms with E-state index in [2.05, 4.69) is 4.18 Å². The van der Waals surface area contributed by atoms with E-state index in [0.717, 1.165) is 17.0 Å². The number of alkyl halides is 3. The average molecular weight is 382 g/mol. The zero-order chi connectivity index (χ0) is 18.7. The number of rotatable bonds is 3. The van der Waals surface area contributed by atoms with Crippen LogP contribution < -0.4 is 4.18 Å². The molecule has 2 aliphatic heterocycles. The fourth-order valence-electron chi connectivity index (χ4n) is 2.86. The Morgan fingerprint density at radius 2 is 1.96 bits per heavy atom. The number of hydroxylamine groups is 2. The SMILES string of the molecule is O=C(O)[C@H]1c2cccc(OS(=O)(=O)C(F)(F)F)c2[C@H]2CN1C(=O)N2O. The Kier molecular flexibility index (Phi) is 3.61. The Bertz CT molecular complexity index is 870. The molecule has 2 heterocycles. The smallest absolute Gasteiger partial charge is 0.479 e. The second-order valence-corrected chi connectivity index (χ2v) is 6.82. The molecule has 0 aromatic heterocycles. The molecule has 1 saturated heterocycles. The summed E-state index contributed by atoms with van der Waals surface area (Å²) in [4.78, 5) is 24.2. The van der Waals surface area contributed by atoms with Gasteiger partial charge in [0.25, 0.3) is 0 Å². The number of urea groups is 1. The zero-order valence-electron chi connectivity index (χ0n) is 12.0. The van der Waals surface area contributed by atoms with Crippen LogP contribution in [0.15, 0.2) is 18.2 Å². The largest absolute Gasteiger partial charge is 0.534 e. The first-order chi connectivity index (χ1) is 11.5. The molecular formula is C12H9F3N2O7S. The van der Waals surface area contributed by atoms with Gasteiger partial charge in [-0.25, -0.2) is 9.59 Å². The number of carbonyl (C=O) groups excluding carboxylic acids is 1. The van der Waals surface area contributed by atoms with E-state index >= 15 is 0 Å². The number of hydrogen-bond acceptors (Lipinski definition) is 6. The van der Waals surface area contributed by atoms with E-state index in [1.165, 1.54) is 6.07 Å². The van der Waals surface area contributed by atoms with E-state index in [-0.39, 0.29) is 22.7 Å². The summed E-state index contributed by atoms with van der Waals surface area (Å²) in [5.41, 5.74) is -6.16. The normalized spacial score (nSPS) is 22.8. The van der Waals surface area contributed by atoms with Crippen LogP contribution in [0.4, 0.5) is 18.0 Å². The van der Waals surface area contributed by atoms with Gasteiger partial charge in [-0.05, 0) is 11.6 Å². The van der Waals surface area contributed by atoms with Crippen LogP contribution in [0.5, 0.6) is 5.75 Å². The highest BCUT2D eigenvalue weighted by Gasteiger charge is 2.53. The third kappa shape index (κ3) is 2.46. The van der Waals surface area contributed by atoms with Crippen LogP contribution >= 0.6 is 0 Å². The lowest BCUT2D eigenvalue weighted by Gasteiger charge is -2.30. The Balaban J connectivity index is 2.17. The van der Waals surface area contributed by atoms with Gasteiger partial charge in [0.05, 0.1) is 6.54 Å². The average Bonchev–Trinajstić information content (AvgIpc) is 2.72. The van der Waals surface area contributed by atoms with Crippen molar-refractivity contribution in [2.75, 3.05) is 6.54 Å². The minimum absolute atomic E-state index is 0.134. The number of carbonyl (C=O) groups is 2.